The maximum atomic E-state index is 5.56. The van der Waals surface area contributed by atoms with Gasteiger partial charge in [-0.05, 0) is 42.5 Å². The van der Waals surface area contributed by atoms with Crippen LogP contribution in [0.25, 0.3) is 0 Å². The second kappa shape index (κ2) is 10.0. The summed E-state index contributed by atoms with van der Waals surface area (Å²) in [5.41, 5.74) is 2.84. The highest BCUT2D eigenvalue weighted by atomic mass is 32.2. The number of rotatable bonds is 6. The Morgan fingerprint density at radius 2 is 2.15 bits per heavy atom. The minimum Gasteiger partial charge on any atom is -0.379 e. The number of ether oxygens (including phenoxy) is 1. The zero-order chi connectivity index (χ0) is 19.1. The molecule has 0 aliphatic carbocycles. The minimum absolute atomic E-state index is 0.223. The lowest BCUT2D eigenvalue weighted by Gasteiger charge is -2.43. The van der Waals surface area contributed by atoms with E-state index < -0.39 is 0 Å². The van der Waals surface area contributed by atoms with Gasteiger partial charge in [-0.25, -0.2) is 0 Å². The molecule has 0 amide bonds. The fourth-order valence-corrected chi connectivity index (χ4v) is 5.96. The summed E-state index contributed by atoms with van der Waals surface area (Å²) in [5.74, 6) is 3.31. The predicted octanol–water partition coefficient (Wildman–Crippen LogP) is 2.59. The SMILES string of the molecule is CN=C(NCc1ccc(C)cc1SC)NCC1(N2CCOCC2)CCSC1. The topological polar surface area (TPSA) is 48.9 Å². The van der Waals surface area contributed by atoms with Gasteiger partial charge in [-0.2, -0.15) is 11.8 Å². The average Bonchev–Trinajstić information content (AvgIpc) is 3.19. The molecule has 5 nitrogen and oxygen atoms in total. The molecule has 0 radical (unpaired) electrons. The molecule has 1 atom stereocenters. The van der Waals surface area contributed by atoms with Crippen LogP contribution in [0.15, 0.2) is 28.1 Å². The van der Waals surface area contributed by atoms with Crippen molar-refractivity contribution in [2.75, 3.05) is 57.7 Å². The smallest absolute Gasteiger partial charge is 0.191 e. The Kier molecular flexibility index (Phi) is 7.75. The van der Waals surface area contributed by atoms with E-state index in [0.717, 1.165) is 45.4 Å². The molecule has 2 N–H and O–H groups in total. The summed E-state index contributed by atoms with van der Waals surface area (Å²) in [4.78, 5) is 8.41. The Balaban J connectivity index is 1.58. The minimum atomic E-state index is 0.223. The van der Waals surface area contributed by atoms with Crippen molar-refractivity contribution >= 4 is 29.5 Å². The molecule has 2 aliphatic rings. The van der Waals surface area contributed by atoms with Gasteiger partial charge >= 0.3 is 0 Å². The van der Waals surface area contributed by atoms with Crippen molar-refractivity contribution in [1.29, 1.82) is 0 Å². The van der Waals surface area contributed by atoms with E-state index in [9.17, 15) is 0 Å². The molecule has 2 heterocycles. The highest BCUT2D eigenvalue weighted by Crippen LogP contribution is 2.33. The van der Waals surface area contributed by atoms with E-state index in [2.05, 4.69) is 63.7 Å². The number of morpholine rings is 1. The molecule has 0 aromatic heterocycles. The van der Waals surface area contributed by atoms with Gasteiger partial charge in [0.25, 0.3) is 0 Å². The Morgan fingerprint density at radius 1 is 1.33 bits per heavy atom. The van der Waals surface area contributed by atoms with Crippen molar-refractivity contribution in [1.82, 2.24) is 15.5 Å². The van der Waals surface area contributed by atoms with Gasteiger partial charge in [0, 0.05) is 49.4 Å². The zero-order valence-electron chi connectivity index (χ0n) is 16.7. The number of nitrogens with zero attached hydrogens (tertiary/aromatic N) is 2. The Bertz CT molecular complexity index is 641. The summed E-state index contributed by atoms with van der Waals surface area (Å²) in [5, 5.41) is 7.10. The first-order valence-corrected chi connectivity index (χ1v) is 12.0. The van der Waals surface area contributed by atoms with Crippen molar-refractivity contribution in [3.63, 3.8) is 0 Å². The third-order valence-electron chi connectivity index (χ3n) is 5.46. The van der Waals surface area contributed by atoms with Crippen LogP contribution in [0.2, 0.25) is 0 Å². The van der Waals surface area contributed by atoms with Crippen LogP contribution in [0.1, 0.15) is 17.5 Å². The molecule has 1 aromatic rings. The number of thioether (sulfide) groups is 2. The molecule has 0 bridgehead atoms. The van der Waals surface area contributed by atoms with Crippen molar-refractivity contribution < 1.29 is 4.74 Å². The highest BCUT2D eigenvalue weighted by Gasteiger charge is 2.40. The van der Waals surface area contributed by atoms with Crippen molar-refractivity contribution in [3.05, 3.63) is 29.3 Å². The molecule has 0 saturated carbocycles. The van der Waals surface area contributed by atoms with Gasteiger partial charge in [0.2, 0.25) is 0 Å². The normalized spacial score (nSPS) is 24.2. The first-order chi connectivity index (χ1) is 13.2. The van der Waals surface area contributed by atoms with Crippen LogP contribution in [-0.2, 0) is 11.3 Å². The summed E-state index contributed by atoms with van der Waals surface area (Å²) in [6, 6.07) is 6.64. The number of aryl methyl sites for hydroxylation is 1. The lowest BCUT2D eigenvalue weighted by molar-refractivity contribution is -0.0120. The van der Waals surface area contributed by atoms with Crippen molar-refractivity contribution in [2.24, 2.45) is 4.99 Å². The van der Waals surface area contributed by atoms with Gasteiger partial charge < -0.3 is 15.4 Å². The summed E-state index contributed by atoms with van der Waals surface area (Å²) in [7, 11) is 1.85. The fourth-order valence-electron chi connectivity index (χ4n) is 3.78. The number of benzene rings is 1. The predicted molar refractivity (Wildman–Crippen MR) is 118 cm³/mol. The van der Waals surface area contributed by atoms with Crippen molar-refractivity contribution in [2.45, 2.75) is 30.3 Å². The van der Waals surface area contributed by atoms with E-state index in [4.69, 9.17) is 4.74 Å². The van der Waals surface area contributed by atoms with E-state index in [0.29, 0.717) is 0 Å². The summed E-state index contributed by atoms with van der Waals surface area (Å²) >= 11 is 3.86. The molecule has 2 saturated heterocycles. The number of hydrogen-bond acceptors (Lipinski definition) is 5. The molecular weight excluding hydrogens is 376 g/mol. The average molecular weight is 409 g/mol. The molecule has 1 unspecified atom stereocenters. The molecule has 2 aliphatic heterocycles. The van der Waals surface area contributed by atoms with Gasteiger partial charge in [0.1, 0.15) is 0 Å². The van der Waals surface area contributed by atoms with E-state index in [1.54, 1.807) is 11.8 Å². The van der Waals surface area contributed by atoms with Gasteiger partial charge in [0.15, 0.2) is 5.96 Å². The van der Waals surface area contributed by atoms with Crippen LogP contribution in [0.3, 0.4) is 0 Å². The molecule has 7 heteroatoms. The van der Waals surface area contributed by atoms with E-state index in [1.807, 2.05) is 7.05 Å². The lowest BCUT2D eigenvalue weighted by Crippen LogP contribution is -2.60. The third-order valence-corrected chi connectivity index (χ3v) is 7.52. The quantitative estimate of drug-likeness (QED) is 0.429. The molecule has 0 spiro atoms. The molecule has 150 valence electrons. The molecule has 3 rings (SSSR count). The van der Waals surface area contributed by atoms with E-state index in [1.165, 1.54) is 33.9 Å². The standard InChI is InChI=1S/C20H32N4OS2/c1-16-4-5-17(18(12-16)26-3)13-22-19(21-2)23-14-20(6-11-27-15-20)24-7-9-25-10-8-24/h4-5,12H,6-11,13-15H2,1-3H3,(H2,21,22,23). The van der Waals surface area contributed by atoms with Crippen LogP contribution in [-0.4, -0.2) is 74.1 Å². The Hall–Kier alpha value is -0.890. The maximum Gasteiger partial charge on any atom is 0.191 e. The Labute approximate surface area is 172 Å². The number of aliphatic imine (C=N–C) groups is 1. The molecular formula is C20H32N4OS2. The second-order valence-electron chi connectivity index (χ2n) is 7.22. The first kappa shape index (κ1) is 20.8. The van der Waals surface area contributed by atoms with E-state index in [-0.39, 0.29) is 5.54 Å². The first-order valence-electron chi connectivity index (χ1n) is 9.65. The summed E-state index contributed by atoms with van der Waals surface area (Å²) in [6.07, 6.45) is 3.37. The van der Waals surface area contributed by atoms with Gasteiger partial charge in [-0.3, -0.25) is 9.89 Å². The van der Waals surface area contributed by atoms with Crippen LogP contribution in [0, 0.1) is 6.92 Å². The molecule has 27 heavy (non-hydrogen) atoms. The largest absolute Gasteiger partial charge is 0.379 e. The van der Waals surface area contributed by atoms with Gasteiger partial charge in [-0.15, -0.1) is 11.8 Å². The van der Waals surface area contributed by atoms with Crippen LogP contribution < -0.4 is 10.6 Å². The second-order valence-corrected chi connectivity index (χ2v) is 9.17. The van der Waals surface area contributed by atoms with Crippen LogP contribution >= 0.6 is 23.5 Å². The van der Waals surface area contributed by atoms with E-state index >= 15 is 0 Å². The van der Waals surface area contributed by atoms with Crippen molar-refractivity contribution in [3.8, 4) is 0 Å². The number of hydrogen-bond donors (Lipinski definition) is 2. The fraction of sp³-hybridized carbons (Fsp3) is 0.650. The maximum absolute atomic E-state index is 5.56. The Morgan fingerprint density at radius 3 is 2.81 bits per heavy atom. The summed E-state index contributed by atoms with van der Waals surface area (Å²) < 4.78 is 5.56. The molecule has 1 aromatic carbocycles. The molecule has 2 fully saturated rings. The summed E-state index contributed by atoms with van der Waals surface area (Å²) in [6.45, 7) is 7.64. The monoisotopic (exact) mass is 408 g/mol. The lowest BCUT2D eigenvalue weighted by atomic mass is 9.95. The number of nitrogens with one attached hydrogen (secondary N) is 2. The number of guanidine groups is 1. The van der Waals surface area contributed by atoms with Crippen LogP contribution in [0.5, 0.6) is 0 Å². The highest BCUT2D eigenvalue weighted by molar-refractivity contribution is 7.99. The zero-order valence-corrected chi connectivity index (χ0v) is 18.3. The van der Waals surface area contributed by atoms with Gasteiger partial charge in [0.05, 0.1) is 13.2 Å². The third kappa shape index (κ3) is 5.34. The van der Waals surface area contributed by atoms with Gasteiger partial charge in [-0.1, -0.05) is 12.1 Å². The van der Waals surface area contributed by atoms with Crippen LogP contribution in [0.4, 0.5) is 0 Å².